The molecule has 62 valence electrons. The number of hydrogen-bond acceptors (Lipinski definition) is 0. The fourth-order valence-corrected chi connectivity index (χ4v) is 0.537. The van der Waals surface area contributed by atoms with Gasteiger partial charge in [0.15, 0.2) is 0 Å². The molecule has 0 aromatic heterocycles. The Bertz CT molecular complexity index is 138. The van der Waals surface area contributed by atoms with Gasteiger partial charge in [0.2, 0.25) is 0 Å². The summed E-state index contributed by atoms with van der Waals surface area (Å²) in [5.41, 5.74) is 1.15. The molecule has 0 rings (SSSR count). The largest absolute Gasteiger partial charge is 0.103 e. The van der Waals surface area contributed by atoms with Crippen LogP contribution in [0.5, 0.6) is 0 Å². The van der Waals surface area contributed by atoms with E-state index >= 15 is 0 Å². The normalized spacial score (nSPS) is 9.09. The van der Waals surface area contributed by atoms with Gasteiger partial charge in [-0.2, -0.15) is 0 Å². The molecular weight excluding hydrogens is 132 g/mol. The zero-order valence-electron chi connectivity index (χ0n) is 7.64. The third-order valence-electron chi connectivity index (χ3n) is 0.974. The van der Waals surface area contributed by atoms with Crippen molar-refractivity contribution in [2.75, 3.05) is 0 Å². The summed E-state index contributed by atoms with van der Waals surface area (Å²) in [6.45, 7) is 14.8. The lowest BCUT2D eigenvalue weighted by Crippen LogP contribution is -1.70. The summed E-state index contributed by atoms with van der Waals surface area (Å²) in [5.74, 6) is 0. The molecule has 0 aliphatic carbocycles. The molecule has 0 bridgehead atoms. The minimum absolute atomic E-state index is 0.871. The van der Waals surface area contributed by atoms with Crippen molar-refractivity contribution in [3.63, 3.8) is 0 Å². The summed E-state index contributed by atoms with van der Waals surface area (Å²) < 4.78 is 0. The molecule has 0 aromatic rings. The summed E-state index contributed by atoms with van der Waals surface area (Å²) in [7, 11) is 0. The molecular formula is C11H18. The van der Waals surface area contributed by atoms with E-state index in [1.165, 1.54) is 0 Å². The van der Waals surface area contributed by atoms with Crippen LogP contribution in [-0.2, 0) is 0 Å². The average molecular weight is 150 g/mol. The van der Waals surface area contributed by atoms with Crippen LogP contribution in [0.4, 0.5) is 0 Å². The Morgan fingerprint density at radius 3 is 2.00 bits per heavy atom. The van der Waals surface area contributed by atoms with Crippen molar-refractivity contribution in [2.24, 2.45) is 0 Å². The van der Waals surface area contributed by atoms with Crippen LogP contribution in [0.15, 0.2) is 49.6 Å². The van der Waals surface area contributed by atoms with Gasteiger partial charge >= 0.3 is 0 Å². The maximum Gasteiger partial charge on any atom is -0.0100 e. The molecule has 0 unspecified atom stereocenters. The molecule has 0 aliphatic heterocycles. The van der Waals surface area contributed by atoms with Crippen molar-refractivity contribution in [3.8, 4) is 0 Å². The van der Waals surface area contributed by atoms with Crippen molar-refractivity contribution < 1.29 is 0 Å². The van der Waals surface area contributed by atoms with Crippen LogP contribution < -0.4 is 0 Å². The molecule has 0 atom stereocenters. The Morgan fingerprint density at radius 2 is 1.73 bits per heavy atom. The van der Waals surface area contributed by atoms with Crippen LogP contribution in [0, 0.1) is 0 Å². The standard InChI is InChI=1S/C9H12.C2H6/c1-4-7-9(6-3)8-5-2;1-2/h4-7H,1-3,8H2;1-2H3/b9-7+;. The first-order chi connectivity index (χ1) is 5.35. The Kier molecular flexibility index (Phi) is 13.4. The van der Waals surface area contributed by atoms with E-state index in [9.17, 15) is 0 Å². The van der Waals surface area contributed by atoms with Crippen LogP contribution >= 0.6 is 0 Å². The summed E-state index contributed by atoms with van der Waals surface area (Å²) >= 11 is 0. The van der Waals surface area contributed by atoms with Crippen molar-refractivity contribution in [2.45, 2.75) is 20.3 Å². The maximum atomic E-state index is 3.63. The Hall–Kier alpha value is -1.04. The van der Waals surface area contributed by atoms with Gasteiger partial charge in [-0.1, -0.05) is 51.3 Å². The second-order valence-electron chi connectivity index (χ2n) is 1.67. The molecule has 0 aliphatic rings. The fourth-order valence-electron chi connectivity index (χ4n) is 0.537. The molecule has 0 heterocycles. The lowest BCUT2D eigenvalue weighted by Gasteiger charge is -1.90. The van der Waals surface area contributed by atoms with E-state index < -0.39 is 0 Å². The van der Waals surface area contributed by atoms with Crippen molar-refractivity contribution in [1.29, 1.82) is 0 Å². The van der Waals surface area contributed by atoms with Gasteiger partial charge in [-0.05, 0) is 12.0 Å². The van der Waals surface area contributed by atoms with Gasteiger partial charge in [0, 0.05) is 0 Å². The minimum atomic E-state index is 0.871. The molecule has 0 nitrogen and oxygen atoms in total. The molecule has 0 spiro atoms. The average Bonchev–Trinajstić information content (AvgIpc) is 2.08. The number of hydrogen-bond donors (Lipinski definition) is 0. The molecule has 11 heavy (non-hydrogen) atoms. The monoisotopic (exact) mass is 150 g/mol. The first-order valence-corrected chi connectivity index (χ1v) is 3.90. The SMILES string of the molecule is C=C/C=C(\C=C)CC=C.CC. The Labute approximate surface area is 70.6 Å². The third kappa shape index (κ3) is 8.96. The molecule has 0 N–H and O–H groups in total. The second kappa shape index (κ2) is 11.7. The second-order valence-corrected chi connectivity index (χ2v) is 1.67. The van der Waals surface area contributed by atoms with Crippen LogP contribution in [0.1, 0.15) is 20.3 Å². The van der Waals surface area contributed by atoms with Gasteiger partial charge < -0.3 is 0 Å². The molecule has 0 aromatic carbocycles. The molecule has 0 radical (unpaired) electrons. The van der Waals surface area contributed by atoms with Gasteiger partial charge in [0.25, 0.3) is 0 Å². The Morgan fingerprint density at radius 1 is 1.18 bits per heavy atom. The van der Waals surface area contributed by atoms with E-state index in [0.29, 0.717) is 0 Å². The van der Waals surface area contributed by atoms with Crippen molar-refractivity contribution in [3.05, 3.63) is 49.6 Å². The molecule has 0 saturated heterocycles. The summed E-state index contributed by atoms with van der Waals surface area (Å²) in [6, 6.07) is 0. The highest BCUT2D eigenvalue weighted by molar-refractivity contribution is 5.22. The number of rotatable bonds is 4. The molecule has 0 fully saturated rings. The summed E-state index contributed by atoms with van der Waals surface area (Å²) in [6.07, 6.45) is 8.20. The van der Waals surface area contributed by atoms with E-state index in [-0.39, 0.29) is 0 Å². The summed E-state index contributed by atoms with van der Waals surface area (Å²) in [5, 5.41) is 0. The van der Waals surface area contributed by atoms with E-state index in [1.54, 1.807) is 6.08 Å². The highest BCUT2D eigenvalue weighted by Crippen LogP contribution is 2.01. The van der Waals surface area contributed by atoms with E-state index in [1.807, 2.05) is 32.1 Å². The van der Waals surface area contributed by atoms with E-state index in [4.69, 9.17) is 0 Å². The van der Waals surface area contributed by atoms with Gasteiger partial charge in [-0.3, -0.25) is 0 Å². The van der Waals surface area contributed by atoms with Crippen LogP contribution in [-0.4, -0.2) is 0 Å². The smallest absolute Gasteiger partial charge is 0.0100 e. The van der Waals surface area contributed by atoms with Gasteiger partial charge in [0.05, 0.1) is 0 Å². The topological polar surface area (TPSA) is 0 Å². The predicted molar refractivity (Wildman–Crippen MR) is 54.6 cm³/mol. The van der Waals surface area contributed by atoms with Crippen molar-refractivity contribution >= 4 is 0 Å². The first-order valence-electron chi connectivity index (χ1n) is 3.90. The summed E-state index contributed by atoms with van der Waals surface area (Å²) in [4.78, 5) is 0. The van der Waals surface area contributed by atoms with Gasteiger partial charge in [-0.15, -0.1) is 6.58 Å². The van der Waals surface area contributed by atoms with Crippen LogP contribution in [0.25, 0.3) is 0 Å². The highest BCUT2D eigenvalue weighted by atomic mass is 13.9. The highest BCUT2D eigenvalue weighted by Gasteiger charge is 1.81. The third-order valence-corrected chi connectivity index (χ3v) is 0.974. The fraction of sp³-hybridized carbons (Fsp3) is 0.273. The Balaban J connectivity index is 0. The zero-order chi connectivity index (χ0) is 9.11. The minimum Gasteiger partial charge on any atom is -0.103 e. The quantitative estimate of drug-likeness (QED) is 0.421. The van der Waals surface area contributed by atoms with Gasteiger partial charge in [0.1, 0.15) is 0 Å². The van der Waals surface area contributed by atoms with Crippen molar-refractivity contribution in [1.82, 2.24) is 0 Å². The predicted octanol–water partition coefficient (Wildman–Crippen LogP) is 3.89. The molecule has 0 heteroatoms. The van der Waals surface area contributed by atoms with E-state index in [2.05, 4.69) is 19.7 Å². The lowest BCUT2D eigenvalue weighted by atomic mass is 10.2. The van der Waals surface area contributed by atoms with Crippen LogP contribution in [0.3, 0.4) is 0 Å². The number of allylic oxidation sites excluding steroid dienone is 5. The lowest BCUT2D eigenvalue weighted by molar-refractivity contribution is 1.30. The first kappa shape index (κ1) is 12.6. The molecule has 0 saturated carbocycles. The van der Waals surface area contributed by atoms with E-state index in [0.717, 1.165) is 12.0 Å². The zero-order valence-corrected chi connectivity index (χ0v) is 7.64. The molecule has 0 amide bonds. The maximum absolute atomic E-state index is 3.63. The van der Waals surface area contributed by atoms with Crippen LogP contribution in [0.2, 0.25) is 0 Å². The van der Waals surface area contributed by atoms with Gasteiger partial charge in [-0.25, -0.2) is 0 Å².